The molecule has 0 aliphatic heterocycles. The first kappa shape index (κ1) is 25.5. The fraction of sp³-hybridized carbons (Fsp3) is 0.0667. The smallest absolute Gasteiger partial charge is 0.155 e. The second kappa shape index (κ2) is 11.0. The van der Waals surface area contributed by atoms with Crippen LogP contribution in [0.25, 0.3) is 53.7 Å². The number of aliphatic hydroxyl groups is 1. The van der Waals surface area contributed by atoms with E-state index >= 15 is 0 Å². The quantitative estimate of drug-likeness (QED) is 0.117. The van der Waals surface area contributed by atoms with Crippen LogP contribution in [0.3, 0.4) is 0 Å². The van der Waals surface area contributed by atoms with Crippen molar-refractivity contribution in [1.29, 1.82) is 0 Å². The normalized spacial score (nSPS) is 11.2. The van der Waals surface area contributed by atoms with Gasteiger partial charge in [-0.3, -0.25) is 4.79 Å². The van der Waals surface area contributed by atoms with E-state index in [2.05, 4.69) is 54.6 Å². The molecule has 1 N–H and O–H groups in total. The van der Waals surface area contributed by atoms with E-state index in [0.29, 0.717) is 0 Å². The van der Waals surface area contributed by atoms with Gasteiger partial charge in [0.15, 0.2) is 5.78 Å². The number of hydrogen-bond acceptors (Lipinski definition) is 5. The van der Waals surface area contributed by atoms with Crippen LogP contribution in [0.1, 0.15) is 13.8 Å². The first-order chi connectivity index (χ1) is 17.0. The van der Waals surface area contributed by atoms with Crippen LogP contribution < -0.4 is 0 Å². The predicted octanol–water partition coefficient (Wildman–Crippen LogP) is 8.36. The topological polar surface area (TPSA) is 63.3 Å². The Morgan fingerprint density at radius 2 is 1.75 bits per heavy atom. The Hall–Kier alpha value is -3.57. The van der Waals surface area contributed by atoms with Crippen LogP contribution in [-0.2, 0) is 24.9 Å². The molecule has 0 aliphatic rings. The Balaban J connectivity index is 0.000000338. The summed E-state index contributed by atoms with van der Waals surface area (Å²) in [6.45, 7) is 2.85. The molecule has 0 saturated heterocycles. The van der Waals surface area contributed by atoms with Gasteiger partial charge in [0.05, 0.1) is 16.0 Å². The number of hydrogen-bond donors (Lipinski definition) is 1. The van der Waals surface area contributed by atoms with Gasteiger partial charge in [-0.15, -0.1) is 29.5 Å². The number of thiophene rings is 1. The second-order valence-electron chi connectivity index (χ2n) is 8.17. The summed E-state index contributed by atoms with van der Waals surface area (Å²) in [7, 11) is 0. The van der Waals surface area contributed by atoms with Crippen molar-refractivity contribution in [1.82, 2.24) is 4.98 Å². The van der Waals surface area contributed by atoms with E-state index in [4.69, 9.17) is 14.5 Å². The number of fused-ring (bicyclic) bond motifs is 4. The van der Waals surface area contributed by atoms with Crippen LogP contribution in [-0.4, -0.2) is 15.9 Å². The fourth-order valence-electron chi connectivity index (χ4n) is 4.00. The van der Waals surface area contributed by atoms with Gasteiger partial charge in [-0.2, -0.15) is 0 Å². The zero-order chi connectivity index (χ0) is 24.4. The number of pyridine rings is 1. The van der Waals surface area contributed by atoms with Crippen molar-refractivity contribution >= 4 is 49.1 Å². The minimum Gasteiger partial charge on any atom is -0.512 e. The third-order valence-corrected chi connectivity index (χ3v) is 6.60. The number of allylic oxidation sites excluding steroid dienone is 2. The molecule has 1 radical (unpaired) electrons. The number of furan rings is 1. The molecule has 36 heavy (non-hydrogen) atoms. The molecule has 0 aliphatic carbocycles. The van der Waals surface area contributed by atoms with E-state index in [1.165, 1.54) is 40.5 Å². The molecule has 0 bridgehead atoms. The van der Waals surface area contributed by atoms with Gasteiger partial charge in [-0.25, -0.2) is 0 Å². The van der Waals surface area contributed by atoms with Crippen LogP contribution in [0, 0.1) is 6.07 Å². The molecule has 0 fully saturated rings. The number of aromatic nitrogens is 1. The third-order valence-electron chi connectivity index (χ3n) is 5.47. The largest absolute Gasteiger partial charge is 0.512 e. The van der Waals surface area contributed by atoms with Crippen molar-refractivity contribution in [3.8, 4) is 21.7 Å². The Bertz CT molecular complexity index is 1700. The van der Waals surface area contributed by atoms with Crippen molar-refractivity contribution in [2.24, 2.45) is 0 Å². The van der Waals surface area contributed by atoms with Gasteiger partial charge >= 0.3 is 0 Å². The van der Waals surface area contributed by atoms with E-state index in [0.717, 1.165) is 33.2 Å². The van der Waals surface area contributed by atoms with Crippen molar-refractivity contribution in [3.05, 3.63) is 103 Å². The maximum absolute atomic E-state index is 10.0. The summed E-state index contributed by atoms with van der Waals surface area (Å²) in [5, 5.41) is 11.8. The standard InChI is InChI=1S/C25H14NOS.C5H8O2.Ir/c1-2-7-16(8-3-1)23-14-17-13-21(26-15-24(17)28-23)20-11-6-10-19-18-9-4-5-12-22(18)27-25(19)20;1-4(6)3-5(2)7;/h1-10,12-15H;3,6H,1-2H3;/q-1;;/b;4-3-;. The Morgan fingerprint density at radius 1 is 1.00 bits per heavy atom. The number of carbonyl (C=O) groups is 1. The molecule has 0 atom stereocenters. The molecule has 0 amide bonds. The molecule has 3 heterocycles. The maximum Gasteiger partial charge on any atom is 0.155 e. The summed E-state index contributed by atoms with van der Waals surface area (Å²) in [6.07, 6.45) is 3.12. The molecule has 6 heteroatoms. The average molecular weight is 669 g/mol. The molecule has 4 nitrogen and oxygen atoms in total. The summed E-state index contributed by atoms with van der Waals surface area (Å²) < 4.78 is 7.34. The summed E-state index contributed by atoms with van der Waals surface area (Å²) >= 11 is 1.77. The van der Waals surface area contributed by atoms with E-state index in [1.54, 1.807) is 11.3 Å². The zero-order valence-electron chi connectivity index (χ0n) is 19.6. The number of para-hydroxylation sites is 1. The zero-order valence-corrected chi connectivity index (χ0v) is 22.8. The molecule has 6 aromatic rings. The van der Waals surface area contributed by atoms with Crippen LogP contribution >= 0.6 is 11.3 Å². The third kappa shape index (κ3) is 5.31. The van der Waals surface area contributed by atoms with Gasteiger partial charge in [-0.05, 0) is 42.6 Å². The van der Waals surface area contributed by atoms with E-state index in [-0.39, 0.29) is 31.6 Å². The number of aliphatic hydroxyl groups excluding tert-OH is 1. The number of nitrogens with zero attached hydrogens (tertiary/aromatic N) is 1. The fourth-order valence-corrected chi connectivity index (χ4v) is 5.02. The van der Waals surface area contributed by atoms with Gasteiger partial charge in [0.1, 0.15) is 5.58 Å². The first-order valence-electron chi connectivity index (χ1n) is 11.1. The predicted molar refractivity (Wildman–Crippen MR) is 144 cm³/mol. The summed E-state index contributed by atoms with van der Waals surface area (Å²) in [4.78, 5) is 16.0. The second-order valence-corrected chi connectivity index (χ2v) is 9.26. The number of benzene rings is 3. The molecule has 6 rings (SSSR count). The van der Waals surface area contributed by atoms with Gasteiger partial charge in [0, 0.05) is 42.6 Å². The molecule has 3 aromatic heterocycles. The number of ketones is 1. The minimum atomic E-state index is -0.125. The van der Waals surface area contributed by atoms with Crippen LogP contribution in [0.4, 0.5) is 0 Å². The summed E-state index contributed by atoms with van der Waals surface area (Å²) in [5.74, 6) is -0.0625. The van der Waals surface area contributed by atoms with Crippen molar-refractivity contribution < 1.29 is 34.4 Å². The molecule has 0 spiro atoms. The van der Waals surface area contributed by atoms with Gasteiger partial charge in [0.2, 0.25) is 0 Å². The van der Waals surface area contributed by atoms with E-state index in [1.807, 2.05) is 36.5 Å². The van der Waals surface area contributed by atoms with E-state index in [9.17, 15) is 4.79 Å². The molecular formula is C30H22IrNO3S-. The van der Waals surface area contributed by atoms with Crippen LogP contribution in [0.5, 0.6) is 0 Å². The Kier molecular flexibility index (Phi) is 7.80. The van der Waals surface area contributed by atoms with E-state index < -0.39 is 0 Å². The summed E-state index contributed by atoms with van der Waals surface area (Å²) in [5.41, 5.74) is 4.75. The van der Waals surface area contributed by atoms with Crippen LogP contribution in [0.15, 0.2) is 101 Å². The summed E-state index contributed by atoms with van der Waals surface area (Å²) in [6, 6.07) is 30.3. The molecule has 0 unspecified atom stereocenters. The Morgan fingerprint density at radius 3 is 2.47 bits per heavy atom. The van der Waals surface area contributed by atoms with Gasteiger partial charge < -0.3 is 14.5 Å². The molecule has 181 valence electrons. The molecular weight excluding hydrogens is 647 g/mol. The van der Waals surface area contributed by atoms with Gasteiger partial charge in [-0.1, -0.05) is 65.5 Å². The average Bonchev–Trinajstić information content (AvgIpc) is 3.45. The molecule has 0 saturated carbocycles. The van der Waals surface area contributed by atoms with Gasteiger partial charge in [0.25, 0.3) is 0 Å². The minimum absolute atomic E-state index is 0. The monoisotopic (exact) mass is 669 g/mol. The first-order valence-corrected chi connectivity index (χ1v) is 12.0. The van der Waals surface area contributed by atoms with Crippen molar-refractivity contribution in [2.45, 2.75) is 13.8 Å². The molecule has 3 aromatic carbocycles. The number of carbonyl (C=O) groups excluding carboxylic acids is 1. The van der Waals surface area contributed by atoms with Crippen molar-refractivity contribution in [2.75, 3.05) is 0 Å². The Labute approximate surface area is 226 Å². The number of rotatable bonds is 3. The maximum atomic E-state index is 10.0. The SMILES string of the molecule is CC(=O)/C=C(/C)O.[Ir].[c-]1ccc2c(oc3ccccc32)c1-c1cc2cc(-c3ccccc3)sc2cn1. The van der Waals surface area contributed by atoms with Crippen LogP contribution in [0.2, 0.25) is 0 Å². The van der Waals surface area contributed by atoms with Crippen molar-refractivity contribution in [3.63, 3.8) is 0 Å².